The van der Waals surface area contributed by atoms with Gasteiger partial charge in [-0.05, 0) is 44.9 Å². The lowest BCUT2D eigenvalue weighted by atomic mass is 10.2. The molecule has 1 aromatic carbocycles. The Morgan fingerprint density at radius 2 is 1.94 bits per heavy atom. The van der Waals surface area contributed by atoms with Gasteiger partial charge in [-0.25, -0.2) is 14.6 Å². The molecule has 0 fully saturated rings. The molecule has 0 saturated carbocycles. The number of nitrogens with zero attached hydrogens (tertiary/aromatic N) is 2. The monoisotopic (exact) mass is 465 g/mol. The Labute approximate surface area is 192 Å². The summed E-state index contributed by atoms with van der Waals surface area (Å²) in [5, 5.41) is 3.49. The highest BCUT2D eigenvalue weighted by Crippen LogP contribution is 2.35. The number of alkyl carbamates (subject to hydrolysis) is 1. The molecule has 1 amide bonds. The molecule has 0 radical (unpaired) electrons. The number of rotatable bonds is 8. The molecule has 7 nitrogen and oxygen atoms in total. The number of amides is 1. The van der Waals surface area contributed by atoms with Crippen LogP contribution in [0.25, 0.3) is 0 Å². The molecule has 0 aliphatic rings. The smallest absolute Gasteiger partial charge is 0.408 e. The number of carbonyl (C=O) groups is 2. The lowest BCUT2D eigenvalue weighted by Crippen LogP contribution is -2.32. The quantitative estimate of drug-likeness (QED) is 0.537. The van der Waals surface area contributed by atoms with E-state index >= 15 is 0 Å². The minimum atomic E-state index is -0.542. The van der Waals surface area contributed by atoms with Gasteiger partial charge in [-0.15, -0.1) is 11.3 Å². The predicted octanol–water partition coefficient (Wildman–Crippen LogP) is 5.20. The lowest BCUT2D eigenvalue weighted by Gasteiger charge is -2.19. The van der Waals surface area contributed by atoms with E-state index in [4.69, 9.17) is 9.47 Å². The minimum absolute atomic E-state index is 0.278. The van der Waals surface area contributed by atoms with Gasteiger partial charge in [0.05, 0.1) is 29.1 Å². The number of hydrogen-bond acceptors (Lipinski definition) is 8. The second-order valence-electron chi connectivity index (χ2n) is 8.63. The van der Waals surface area contributed by atoms with Gasteiger partial charge in [-0.2, -0.15) is 0 Å². The summed E-state index contributed by atoms with van der Waals surface area (Å²) >= 11 is 3.00. The summed E-state index contributed by atoms with van der Waals surface area (Å²) in [6.07, 6.45) is 1.29. The maximum absolute atomic E-state index is 12.5. The second kappa shape index (κ2) is 10.9. The Bertz CT molecular complexity index is 904. The van der Waals surface area contributed by atoms with Gasteiger partial charge in [-0.3, -0.25) is 0 Å². The van der Waals surface area contributed by atoms with Crippen molar-refractivity contribution in [2.45, 2.75) is 55.9 Å². The highest BCUT2D eigenvalue weighted by molar-refractivity contribution is 8.01. The summed E-state index contributed by atoms with van der Waals surface area (Å²) < 4.78 is 11.6. The number of hydrogen-bond donors (Lipinski definition) is 1. The molecule has 0 unspecified atom stereocenters. The van der Waals surface area contributed by atoms with E-state index in [9.17, 15) is 9.59 Å². The first-order chi connectivity index (χ1) is 14.4. The Morgan fingerprint density at radius 1 is 1.23 bits per heavy atom. The molecular weight excluding hydrogens is 434 g/mol. The van der Waals surface area contributed by atoms with Crippen molar-refractivity contribution in [3.05, 3.63) is 35.0 Å². The highest BCUT2D eigenvalue weighted by atomic mass is 32.2. The van der Waals surface area contributed by atoms with E-state index in [1.54, 1.807) is 6.20 Å². The van der Waals surface area contributed by atoms with Crippen LogP contribution >= 0.6 is 23.1 Å². The van der Waals surface area contributed by atoms with Crippen molar-refractivity contribution in [3.63, 3.8) is 0 Å². The average Bonchev–Trinajstić information content (AvgIpc) is 3.10. The maximum Gasteiger partial charge on any atom is 0.408 e. The fraction of sp³-hybridized carbons (Fsp3) is 0.500. The van der Waals surface area contributed by atoms with Crippen LogP contribution in [-0.4, -0.2) is 43.3 Å². The Morgan fingerprint density at radius 3 is 2.55 bits per heavy atom. The van der Waals surface area contributed by atoms with Gasteiger partial charge >= 0.3 is 12.1 Å². The van der Waals surface area contributed by atoms with Crippen molar-refractivity contribution in [2.24, 2.45) is 5.92 Å². The molecule has 1 N–H and O–H groups in total. The van der Waals surface area contributed by atoms with Gasteiger partial charge in [0, 0.05) is 24.7 Å². The first kappa shape index (κ1) is 25.0. The van der Waals surface area contributed by atoms with Crippen LogP contribution in [0.15, 0.2) is 33.5 Å². The molecule has 31 heavy (non-hydrogen) atoms. The van der Waals surface area contributed by atoms with Crippen LogP contribution in [0.1, 0.15) is 50.0 Å². The number of carbonyl (C=O) groups excluding carboxylic acids is 2. The van der Waals surface area contributed by atoms with Gasteiger partial charge in [0.1, 0.15) is 10.6 Å². The summed E-state index contributed by atoms with van der Waals surface area (Å²) in [7, 11) is 3.86. The van der Waals surface area contributed by atoms with Crippen LogP contribution in [0.4, 0.5) is 10.5 Å². The number of nitrogens with one attached hydrogen (secondary N) is 1. The number of thiazole rings is 1. The number of ether oxygens (including phenoxy) is 2. The van der Waals surface area contributed by atoms with Crippen molar-refractivity contribution in [2.75, 3.05) is 25.6 Å². The summed E-state index contributed by atoms with van der Waals surface area (Å²) in [5.74, 6) is -0.0504. The van der Waals surface area contributed by atoms with Gasteiger partial charge in [0.25, 0.3) is 0 Å². The predicted molar refractivity (Wildman–Crippen MR) is 125 cm³/mol. The van der Waals surface area contributed by atoms with Crippen LogP contribution < -0.4 is 10.2 Å². The zero-order chi connectivity index (χ0) is 23.2. The fourth-order valence-electron chi connectivity index (χ4n) is 2.34. The van der Waals surface area contributed by atoms with Crippen LogP contribution in [0.5, 0.6) is 0 Å². The minimum Gasteiger partial charge on any atom is -0.462 e. The Balaban J connectivity index is 2.08. The standard InChI is InChI=1S/C22H31N3O4S2/c1-14(2)13-28-20(26)15-8-16(25(6)7)10-17(9-15)30-19-12-23-18(31-19)11-24-21(27)29-22(3,4)5/h8-10,12,14H,11,13H2,1-7H3,(H,24,27). The van der Waals surface area contributed by atoms with Crippen molar-refractivity contribution in [1.29, 1.82) is 0 Å². The Hall–Kier alpha value is -2.26. The van der Waals surface area contributed by atoms with Gasteiger partial charge < -0.3 is 19.7 Å². The summed E-state index contributed by atoms with van der Waals surface area (Å²) in [6.45, 7) is 10.1. The SMILES string of the molecule is CC(C)COC(=O)c1cc(Sc2cnc(CNC(=O)OC(C)(C)C)s2)cc(N(C)C)c1. The first-order valence-electron chi connectivity index (χ1n) is 10.0. The molecule has 9 heteroatoms. The van der Waals surface area contributed by atoms with E-state index in [0.717, 1.165) is 19.8 Å². The van der Waals surface area contributed by atoms with E-state index in [1.807, 2.05) is 71.8 Å². The highest BCUT2D eigenvalue weighted by Gasteiger charge is 2.17. The molecule has 0 saturated heterocycles. The van der Waals surface area contributed by atoms with Crippen molar-refractivity contribution < 1.29 is 19.1 Å². The van der Waals surface area contributed by atoms with Crippen LogP contribution in [0.3, 0.4) is 0 Å². The fourth-order valence-corrected chi connectivity index (χ4v) is 4.38. The molecule has 0 aliphatic heterocycles. The zero-order valence-electron chi connectivity index (χ0n) is 19.1. The zero-order valence-corrected chi connectivity index (χ0v) is 20.8. The van der Waals surface area contributed by atoms with Gasteiger partial charge in [-0.1, -0.05) is 25.6 Å². The molecular formula is C22H31N3O4S2. The molecule has 2 aromatic rings. The molecule has 0 aliphatic carbocycles. The molecule has 0 atom stereocenters. The lowest BCUT2D eigenvalue weighted by molar-refractivity contribution is 0.0457. The summed E-state index contributed by atoms with van der Waals surface area (Å²) in [4.78, 5) is 31.5. The van der Waals surface area contributed by atoms with Crippen LogP contribution in [0.2, 0.25) is 0 Å². The third kappa shape index (κ3) is 8.78. The average molecular weight is 466 g/mol. The third-order valence-corrected chi connectivity index (χ3v) is 5.79. The number of esters is 1. The van der Waals surface area contributed by atoms with Gasteiger partial charge in [0.15, 0.2) is 0 Å². The van der Waals surface area contributed by atoms with Crippen LogP contribution in [-0.2, 0) is 16.0 Å². The number of benzene rings is 1. The van der Waals surface area contributed by atoms with E-state index in [-0.39, 0.29) is 11.9 Å². The maximum atomic E-state index is 12.5. The van der Waals surface area contributed by atoms with Crippen LogP contribution in [0, 0.1) is 5.92 Å². The third-order valence-electron chi connectivity index (χ3n) is 3.72. The number of anilines is 1. The molecule has 170 valence electrons. The van der Waals surface area contributed by atoms with Crippen molar-refractivity contribution >= 4 is 40.8 Å². The molecule has 2 rings (SSSR count). The Kier molecular flexibility index (Phi) is 8.76. The van der Waals surface area contributed by atoms with E-state index in [2.05, 4.69) is 10.3 Å². The largest absolute Gasteiger partial charge is 0.462 e. The molecule has 0 bridgehead atoms. The van der Waals surface area contributed by atoms with E-state index in [0.29, 0.717) is 18.7 Å². The summed E-state index contributed by atoms with van der Waals surface area (Å²) in [5.41, 5.74) is 0.892. The van der Waals surface area contributed by atoms with Crippen molar-refractivity contribution in [3.8, 4) is 0 Å². The van der Waals surface area contributed by atoms with Crippen molar-refractivity contribution in [1.82, 2.24) is 10.3 Å². The molecule has 1 heterocycles. The van der Waals surface area contributed by atoms with E-state index in [1.165, 1.54) is 23.1 Å². The topological polar surface area (TPSA) is 80.8 Å². The molecule has 0 spiro atoms. The molecule has 1 aromatic heterocycles. The second-order valence-corrected chi connectivity index (χ2v) is 11.1. The number of aromatic nitrogens is 1. The first-order valence-corrected chi connectivity index (χ1v) is 11.6. The summed E-state index contributed by atoms with van der Waals surface area (Å²) in [6, 6.07) is 5.68. The van der Waals surface area contributed by atoms with E-state index < -0.39 is 11.7 Å². The van der Waals surface area contributed by atoms with Gasteiger partial charge in [0.2, 0.25) is 0 Å². The normalized spacial score (nSPS) is 11.4.